The Morgan fingerprint density at radius 1 is 1.00 bits per heavy atom. The van der Waals surface area contributed by atoms with Gasteiger partial charge >= 0.3 is 0 Å². The highest BCUT2D eigenvalue weighted by Gasteiger charge is 2.19. The highest BCUT2D eigenvalue weighted by atomic mass is 32.1. The van der Waals surface area contributed by atoms with Crippen molar-refractivity contribution < 1.29 is 9.47 Å². The highest BCUT2D eigenvalue weighted by molar-refractivity contribution is 7.13. The maximum Gasteiger partial charge on any atom is 0.268 e. The number of ether oxygens (including phenoxy) is 2. The van der Waals surface area contributed by atoms with Gasteiger partial charge in [0.15, 0.2) is 11.5 Å². The van der Waals surface area contributed by atoms with E-state index in [0.29, 0.717) is 16.9 Å². The topological polar surface area (TPSA) is 43.7 Å². The van der Waals surface area contributed by atoms with Crippen LogP contribution >= 0.6 is 11.5 Å². The fourth-order valence-corrected chi connectivity index (χ4v) is 5.55. The van der Waals surface area contributed by atoms with Gasteiger partial charge in [0.2, 0.25) is 0 Å². The summed E-state index contributed by atoms with van der Waals surface area (Å²) in [5.74, 6) is 2.09. The van der Waals surface area contributed by atoms with Gasteiger partial charge in [-0.2, -0.15) is 0 Å². The fraction of sp³-hybridized carbons (Fsp3) is 0.480. The molecule has 0 amide bonds. The molecule has 31 heavy (non-hydrogen) atoms. The molecule has 0 N–H and O–H groups in total. The number of methoxy groups -OCH3 is 2. The summed E-state index contributed by atoms with van der Waals surface area (Å²) in [6.45, 7) is 4.24. The van der Waals surface area contributed by atoms with Crippen LogP contribution < -0.4 is 15.0 Å². The fourth-order valence-electron chi connectivity index (χ4n) is 4.51. The van der Waals surface area contributed by atoms with Gasteiger partial charge in [0.05, 0.1) is 24.3 Å². The standard InChI is InChI=1S/C25H32N2O3S/c1-29-22-16-21-24(17-23(22)30-2)31-27(25(21)28)13-7-6-8-19-11-14-26(15-12-19)18-20-9-4-3-5-10-20/h3-5,9-10,16-17,19H,6-8,11-15,18H2,1-2H3. The minimum atomic E-state index is 0.0789. The molecule has 0 atom stereocenters. The Bertz CT molecular complexity index is 1040. The molecule has 1 aliphatic heterocycles. The van der Waals surface area contributed by atoms with Crippen LogP contribution in [0.2, 0.25) is 0 Å². The number of hydrogen-bond acceptors (Lipinski definition) is 5. The first-order valence-electron chi connectivity index (χ1n) is 11.2. The molecule has 5 nitrogen and oxygen atoms in total. The number of likely N-dealkylation sites (tertiary alicyclic amines) is 1. The molecule has 0 bridgehead atoms. The average molecular weight is 441 g/mol. The molecule has 2 aromatic carbocycles. The van der Waals surface area contributed by atoms with Gasteiger partial charge in [-0.05, 0) is 49.9 Å². The average Bonchev–Trinajstić information content (AvgIpc) is 3.12. The lowest BCUT2D eigenvalue weighted by Gasteiger charge is -2.32. The smallest absolute Gasteiger partial charge is 0.268 e. The van der Waals surface area contributed by atoms with Gasteiger partial charge in [-0.25, -0.2) is 0 Å². The van der Waals surface area contributed by atoms with Crippen LogP contribution in [0.25, 0.3) is 10.1 Å². The van der Waals surface area contributed by atoms with E-state index in [4.69, 9.17) is 9.47 Å². The minimum absolute atomic E-state index is 0.0789. The van der Waals surface area contributed by atoms with Gasteiger partial charge in [0.1, 0.15) is 0 Å². The van der Waals surface area contributed by atoms with Gasteiger partial charge < -0.3 is 9.47 Å². The summed E-state index contributed by atoms with van der Waals surface area (Å²) < 4.78 is 13.5. The minimum Gasteiger partial charge on any atom is -0.493 e. The van der Waals surface area contributed by atoms with E-state index in [1.807, 2.05) is 10.0 Å². The van der Waals surface area contributed by atoms with Crippen LogP contribution in [-0.2, 0) is 13.1 Å². The number of aromatic nitrogens is 1. The number of unbranched alkanes of at least 4 members (excludes halogenated alkanes) is 1. The zero-order valence-electron chi connectivity index (χ0n) is 18.5. The maximum absolute atomic E-state index is 12.7. The summed E-state index contributed by atoms with van der Waals surface area (Å²) in [6.07, 6.45) is 6.06. The Labute approximate surface area is 188 Å². The molecule has 2 heterocycles. The molecule has 3 aromatic rings. The molecule has 0 aliphatic carbocycles. The molecule has 0 unspecified atom stereocenters. The number of rotatable bonds is 9. The first-order chi connectivity index (χ1) is 15.2. The van der Waals surface area contributed by atoms with Crippen molar-refractivity contribution in [1.82, 2.24) is 8.86 Å². The molecule has 0 spiro atoms. The Morgan fingerprint density at radius 2 is 1.71 bits per heavy atom. The summed E-state index contributed by atoms with van der Waals surface area (Å²) in [5, 5.41) is 0.716. The zero-order valence-corrected chi connectivity index (χ0v) is 19.3. The Kier molecular flexibility index (Phi) is 7.30. The number of benzene rings is 2. The summed E-state index contributed by atoms with van der Waals surface area (Å²) in [5.41, 5.74) is 1.49. The van der Waals surface area contributed by atoms with Crippen LogP contribution in [0.5, 0.6) is 11.5 Å². The Balaban J connectivity index is 1.23. The summed E-state index contributed by atoms with van der Waals surface area (Å²) in [4.78, 5) is 15.3. The normalized spacial score (nSPS) is 15.4. The molecule has 1 aliphatic rings. The van der Waals surface area contributed by atoms with E-state index in [9.17, 15) is 4.79 Å². The Morgan fingerprint density at radius 3 is 2.42 bits per heavy atom. The van der Waals surface area contributed by atoms with Crippen LogP contribution in [0.3, 0.4) is 0 Å². The van der Waals surface area contributed by atoms with Gasteiger partial charge in [-0.1, -0.05) is 54.7 Å². The predicted octanol–water partition coefficient (Wildman–Crippen LogP) is 5.16. The summed E-state index contributed by atoms with van der Waals surface area (Å²) in [6, 6.07) is 14.5. The molecule has 0 saturated carbocycles. The van der Waals surface area contributed by atoms with E-state index in [1.165, 1.54) is 55.9 Å². The Hall–Kier alpha value is -2.31. The molecule has 4 rings (SSSR count). The van der Waals surface area contributed by atoms with Crippen molar-refractivity contribution >= 4 is 21.6 Å². The van der Waals surface area contributed by atoms with E-state index in [0.717, 1.165) is 30.1 Å². The van der Waals surface area contributed by atoms with Gasteiger partial charge in [-0.3, -0.25) is 13.7 Å². The lowest BCUT2D eigenvalue weighted by molar-refractivity contribution is 0.170. The maximum atomic E-state index is 12.7. The first-order valence-corrected chi connectivity index (χ1v) is 12.0. The largest absolute Gasteiger partial charge is 0.493 e. The molecule has 1 aromatic heterocycles. The third kappa shape index (κ3) is 5.31. The highest BCUT2D eigenvalue weighted by Crippen LogP contribution is 2.33. The quantitative estimate of drug-likeness (QED) is 0.431. The van der Waals surface area contributed by atoms with Crippen LogP contribution in [0.4, 0.5) is 0 Å². The van der Waals surface area contributed by atoms with Crippen molar-refractivity contribution in [2.75, 3.05) is 27.3 Å². The second kappa shape index (κ2) is 10.3. The number of fused-ring (bicyclic) bond motifs is 1. The SMILES string of the molecule is COc1cc2sn(CCCCC3CCN(Cc4ccccc4)CC3)c(=O)c2cc1OC. The van der Waals surface area contributed by atoms with Gasteiger partial charge in [0, 0.05) is 19.2 Å². The van der Waals surface area contributed by atoms with Crippen molar-refractivity contribution in [1.29, 1.82) is 0 Å². The number of aryl methyl sites for hydroxylation is 1. The van der Waals surface area contributed by atoms with Crippen LogP contribution in [-0.4, -0.2) is 36.2 Å². The van der Waals surface area contributed by atoms with Gasteiger partial charge in [0.25, 0.3) is 5.56 Å². The van der Waals surface area contributed by atoms with E-state index >= 15 is 0 Å². The van der Waals surface area contributed by atoms with E-state index in [2.05, 4.69) is 35.2 Å². The second-order valence-corrected chi connectivity index (χ2v) is 9.47. The van der Waals surface area contributed by atoms with Crippen molar-refractivity contribution in [3.05, 3.63) is 58.4 Å². The molecule has 0 radical (unpaired) electrons. The summed E-state index contributed by atoms with van der Waals surface area (Å²) in [7, 11) is 3.22. The molecular formula is C25H32N2O3S. The van der Waals surface area contributed by atoms with Crippen molar-refractivity contribution in [2.24, 2.45) is 5.92 Å². The number of hydrogen-bond donors (Lipinski definition) is 0. The molecule has 6 heteroatoms. The van der Waals surface area contributed by atoms with Crippen LogP contribution in [0.15, 0.2) is 47.3 Å². The lowest BCUT2D eigenvalue weighted by atomic mass is 9.91. The van der Waals surface area contributed by atoms with Crippen molar-refractivity contribution in [3.8, 4) is 11.5 Å². The predicted molar refractivity (Wildman–Crippen MR) is 127 cm³/mol. The van der Waals surface area contributed by atoms with Gasteiger partial charge in [-0.15, -0.1) is 0 Å². The van der Waals surface area contributed by atoms with Crippen molar-refractivity contribution in [2.45, 2.75) is 45.2 Å². The third-order valence-corrected chi connectivity index (χ3v) is 7.43. The van der Waals surface area contributed by atoms with E-state index < -0.39 is 0 Å². The monoisotopic (exact) mass is 440 g/mol. The van der Waals surface area contributed by atoms with Crippen molar-refractivity contribution in [3.63, 3.8) is 0 Å². The van der Waals surface area contributed by atoms with E-state index in [-0.39, 0.29) is 5.56 Å². The summed E-state index contributed by atoms with van der Waals surface area (Å²) >= 11 is 1.52. The molecular weight excluding hydrogens is 408 g/mol. The second-order valence-electron chi connectivity index (χ2n) is 8.40. The zero-order chi connectivity index (χ0) is 21.6. The molecule has 1 saturated heterocycles. The third-order valence-electron chi connectivity index (χ3n) is 6.33. The number of piperidine rings is 1. The van der Waals surface area contributed by atoms with Crippen LogP contribution in [0.1, 0.15) is 37.7 Å². The lowest BCUT2D eigenvalue weighted by Crippen LogP contribution is -2.33. The first kappa shape index (κ1) is 21.9. The van der Waals surface area contributed by atoms with Crippen LogP contribution in [0, 0.1) is 5.92 Å². The number of nitrogens with zero attached hydrogens (tertiary/aromatic N) is 2. The van der Waals surface area contributed by atoms with E-state index in [1.54, 1.807) is 20.3 Å². The molecule has 166 valence electrons. The molecule has 1 fully saturated rings.